The number of carboxylic acids is 1. The Balaban J connectivity index is 2.05. The number of fused-ring (bicyclic) bond motifs is 1. The van der Waals surface area contributed by atoms with Crippen molar-refractivity contribution >= 4 is 23.4 Å². The standard InChI is InChI=1S/C20H25NO2S/c1-2-20(13-12-18(22)23)14-24-17-11-7-6-10-16(17)19(21-20)15-8-4-3-5-9-15/h6-8,10-11H,2-5,9,12-14H2,1H3,(H,22,23). The Labute approximate surface area is 148 Å². The van der Waals surface area contributed by atoms with Crippen LogP contribution >= 0.6 is 11.8 Å². The molecule has 3 nitrogen and oxygen atoms in total. The van der Waals surface area contributed by atoms with Crippen LogP contribution in [0.2, 0.25) is 0 Å². The van der Waals surface area contributed by atoms with Gasteiger partial charge in [0.25, 0.3) is 0 Å². The molecule has 4 heteroatoms. The van der Waals surface area contributed by atoms with Gasteiger partial charge >= 0.3 is 5.97 Å². The number of aliphatic carboxylic acids is 1. The van der Waals surface area contributed by atoms with Crippen LogP contribution in [0.4, 0.5) is 0 Å². The van der Waals surface area contributed by atoms with Crippen LogP contribution in [0.1, 0.15) is 57.4 Å². The predicted octanol–water partition coefficient (Wildman–Crippen LogP) is 5.10. The van der Waals surface area contributed by atoms with Crippen molar-refractivity contribution in [2.45, 2.75) is 62.3 Å². The molecule has 0 bridgehead atoms. The normalized spacial score (nSPS) is 23.7. The molecule has 0 fully saturated rings. The van der Waals surface area contributed by atoms with Crippen molar-refractivity contribution in [1.82, 2.24) is 0 Å². The van der Waals surface area contributed by atoms with E-state index in [2.05, 4.69) is 37.3 Å². The lowest BCUT2D eigenvalue weighted by atomic mass is 9.89. The quantitative estimate of drug-likeness (QED) is 0.809. The predicted molar refractivity (Wildman–Crippen MR) is 100 cm³/mol. The Morgan fingerprint density at radius 3 is 2.88 bits per heavy atom. The summed E-state index contributed by atoms with van der Waals surface area (Å²) in [6.07, 6.45) is 8.68. The molecule has 1 aliphatic heterocycles. The molecular weight excluding hydrogens is 318 g/mol. The second kappa shape index (κ2) is 7.56. The van der Waals surface area contributed by atoms with Crippen molar-refractivity contribution in [2.24, 2.45) is 4.99 Å². The molecule has 128 valence electrons. The summed E-state index contributed by atoms with van der Waals surface area (Å²) in [5, 5.41) is 9.15. The number of nitrogens with zero attached hydrogens (tertiary/aromatic N) is 1. The molecule has 1 aliphatic carbocycles. The Hall–Kier alpha value is -1.55. The van der Waals surface area contributed by atoms with E-state index in [0.717, 1.165) is 30.7 Å². The number of hydrogen-bond donors (Lipinski definition) is 1. The van der Waals surface area contributed by atoms with E-state index in [0.29, 0.717) is 6.42 Å². The lowest BCUT2D eigenvalue weighted by Gasteiger charge is -2.28. The van der Waals surface area contributed by atoms with Crippen molar-refractivity contribution in [3.8, 4) is 0 Å². The van der Waals surface area contributed by atoms with E-state index in [9.17, 15) is 4.79 Å². The van der Waals surface area contributed by atoms with E-state index in [4.69, 9.17) is 10.1 Å². The lowest BCUT2D eigenvalue weighted by molar-refractivity contribution is -0.137. The SMILES string of the molecule is CCC1(CCC(=O)O)CSc2ccccc2C(C2=CCCCC2)=N1. The zero-order valence-electron chi connectivity index (χ0n) is 14.3. The highest BCUT2D eigenvalue weighted by Gasteiger charge is 2.33. The van der Waals surface area contributed by atoms with Crippen molar-refractivity contribution < 1.29 is 9.90 Å². The maximum absolute atomic E-state index is 11.1. The summed E-state index contributed by atoms with van der Waals surface area (Å²) in [4.78, 5) is 17.6. The van der Waals surface area contributed by atoms with Crippen LogP contribution in [-0.2, 0) is 4.79 Å². The Bertz CT molecular complexity index is 680. The fourth-order valence-corrected chi connectivity index (χ4v) is 4.79. The third-order valence-corrected chi connectivity index (χ3v) is 6.39. The van der Waals surface area contributed by atoms with Gasteiger partial charge in [0.05, 0.1) is 11.3 Å². The molecule has 1 aromatic rings. The van der Waals surface area contributed by atoms with Gasteiger partial charge in [-0.15, -0.1) is 11.8 Å². The number of allylic oxidation sites excluding steroid dienone is 2. The topological polar surface area (TPSA) is 49.7 Å². The van der Waals surface area contributed by atoms with Gasteiger partial charge in [0, 0.05) is 22.6 Å². The highest BCUT2D eigenvalue weighted by Crippen LogP contribution is 2.39. The molecule has 1 aromatic carbocycles. The fourth-order valence-electron chi connectivity index (χ4n) is 3.45. The maximum atomic E-state index is 11.1. The molecule has 2 aliphatic rings. The molecule has 1 heterocycles. The fraction of sp³-hybridized carbons (Fsp3) is 0.500. The van der Waals surface area contributed by atoms with Gasteiger partial charge in [0.1, 0.15) is 0 Å². The van der Waals surface area contributed by atoms with Gasteiger partial charge in [0.15, 0.2) is 0 Å². The number of rotatable bonds is 5. The highest BCUT2D eigenvalue weighted by molar-refractivity contribution is 7.99. The Morgan fingerprint density at radius 1 is 1.33 bits per heavy atom. The number of carbonyl (C=O) groups is 1. The molecule has 1 unspecified atom stereocenters. The van der Waals surface area contributed by atoms with Crippen molar-refractivity contribution in [3.63, 3.8) is 0 Å². The molecule has 0 spiro atoms. The van der Waals surface area contributed by atoms with E-state index in [-0.39, 0.29) is 12.0 Å². The number of carboxylic acid groups (broad SMARTS) is 1. The molecule has 0 aromatic heterocycles. The van der Waals surface area contributed by atoms with Crippen molar-refractivity contribution in [1.29, 1.82) is 0 Å². The summed E-state index contributed by atoms with van der Waals surface area (Å²) in [5.74, 6) is 0.119. The van der Waals surface area contributed by atoms with Gasteiger partial charge in [-0.25, -0.2) is 0 Å². The zero-order chi connectivity index (χ0) is 17.0. The zero-order valence-corrected chi connectivity index (χ0v) is 15.1. The van der Waals surface area contributed by atoms with Crippen molar-refractivity contribution in [3.05, 3.63) is 41.5 Å². The second-order valence-electron chi connectivity index (χ2n) is 6.69. The minimum atomic E-state index is -0.733. The third-order valence-electron chi connectivity index (χ3n) is 5.04. The van der Waals surface area contributed by atoms with Gasteiger partial charge < -0.3 is 5.11 Å². The number of hydrogen-bond acceptors (Lipinski definition) is 3. The summed E-state index contributed by atoms with van der Waals surface area (Å²) in [7, 11) is 0. The first-order chi connectivity index (χ1) is 11.6. The molecule has 24 heavy (non-hydrogen) atoms. The van der Waals surface area contributed by atoms with Crippen LogP contribution in [0.3, 0.4) is 0 Å². The minimum Gasteiger partial charge on any atom is -0.481 e. The molecule has 0 radical (unpaired) electrons. The van der Waals surface area contributed by atoms with E-state index < -0.39 is 5.97 Å². The molecule has 0 amide bonds. The van der Waals surface area contributed by atoms with E-state index in [1.807, 2.05) is 11.8 Å². The van der Waals surface area contributed by atoms with Crippen LogP contribution in [0.25, 0.3) is 0 Å². The largest absolute Gasteiger partial charge is 0.481 e. The summed E-state index contributed by atoms with van der Waals surface area (Å²) in [6.45, 7) is 2.13. The first-order valence-corrected chi connectivity index (χ1v) is 9.85. The lowest BCUT2D eigenvalue weighted by Crippen LogP contribution is -2.31. The van der Waals surface area contributed by atoms with Crippen LogP contribution in [0.5, 0.6) is 0 Å². The third kappa shape index (κ3) is 3.75. The monoisotopic (exact) mass is 343 g/mol. The molecular formula is C20H25NO2S. The average molecular weight is 343 g/mol. The van der Waals surface area contributed by atoms with Gasteiger partial charge in [-0.05, 0) is 50.2 Å². The molecule has 3 rings (SSSR count). The van der Waals surface area contributed by atoms with Gasteiger partial charge in [-0.3, -0.25) is 9.79 Å². The first kappa shape index (κ1) is 17.3. The first-order valence-electron chi connectivity index (χ1n) is 8.87. The summed E-state index contributed by atoms with van der Waals surface area (Å²) >= 11 is 1.83. The van der Waals surface area contributed by atoms with E-state index in [1.165, 1.54) is 28.9 Å². The molecule has 1 atom stereocenters. The maximum Gasteiger partial charge on any atom is 0.303 e. The Morgan fingerprint density at radius 2 is 2.17 bits per heavy atom. The van der Waals surface area contributed by atoms with Crippen LogP contribution in [0, 0.1) is 0 Å². The van der Waals surface area contributed by atoms with Crippen LogP contribution in [0.15, 0.2) is 45.8 Å². The number of thioether (sulfide) groups is 1. The van der Waals surface area contributed by atoms with Gasteiger partial charge in [0.2, 0.25) is 0 Å². The molecule has 1 N–H and O–H groups in total. The Kier molecular flexibility index (Phi) is 5.44. The van der Waals surface area contributed by atoms with Crippen molar-refractivity contribution in [2.75, 3.05) is 5.75 Å². The minimum absolute atomic E-state index is 0.181. The van der Waals surface area contributed by atoms with Crippen LogP contribution < -0.4 is 0 Å². The van der Waals surface area contributed by atoms with Gasteiger partial charge in [-0.1, -0.05) is 31.2 Å². The van der Waals surface area contributed by atoms with E-state index in [1.54, 1.807) is 0 Å². The van der Waals surface area contributed by atoms with E-state index >= 15 is 0 Å². The summed E-state index contributed by atoms with van der Waals surface area (Å²) in [5.41, 5.74) is 3.41. The smallest absolute Gasteiger partial charge is 0.303 e. The number of benzene rings is 1. The van der Waals surface area contributed by atoms with Crippen LogP contribution in [-0.4, -0.2) is 28.1 Å². The van der Waals surface area contributed by atoms with Gasteiger partial charge in [-0.2, -0.15) is 0 Å². The summed E-state index contributed by atoms with van der Waals surface area (Å²) in [6, 6.07) is 8.49. The average Bonchev–Trinajstić information content (AvgIpc) is 2.79. The summed E-state index contributed by atoms with van der Waals surface area (Å²) < 4.78 is 0. The molecule has 0 saturated carbocycles. The highest BCUT2D eigenvalue weighted by atomic mass is 32.2. The molecule has 0 saturated heterocycles. The second-order valence-corrected chi connectivity index (χ2v) is 7.71. The number of aliphatic imine (C=N–C) groups is 1.